The van der Waals surface area contributed by atoms with Crippen LogP contribution in [0.3, 0.4) is 0 Å². The number of hydrogen-bond donors (Lipinski definition) is 0. The van der Waals surface area contributed by atoms with Gasteiger partial charge in [0.05, 0.1) is 22.2 Å². The fraction of sp³-hybridized carbons (Fsp3) is 0.333. The Bertz CT molecular complexity index is 415. The summed E-state index contributed by atoms with van der Waals surface area (Å²) in [5.74, 6) is -0.853. The Hall–Kier alpha value is -0.750. The summed E-state index contributed by atoms with van der Waals surface area (Å²) < 4.78 is 29.9. The molecule has 7 heteroatoms. The molecule has 0 saturated heterocycles. The summed E-state index contributed by atoms with van der Waals surface area (Å²) in [5, 5.41) is -0.0625. The first-order chi connectivity index (χ1) is 7.49. The molecule has 0 aliphatic heterocycles. The van der Waals surface area contributed by atoms with Gasteiger partial charge in [0.1, 0.15) is 5.15 Å². The number of carbonyl (C=O) groups excluding carboxylic acids is 1. The van der Waals surface area contributed by atoms with Crippen LogP contribution in [-0.4, -0.2) is 17.6 Å². The predicted octanol–water partition coefficient (Wildman–Crippen LogP) is 3.61. The molecule has 0 atom stereocenters. The van der Waals surface area contributed by atoms with Crippen molar-refractivity contribution in [3.63, 3.8) is 0 Å². The van der Waals surface area contributed by atoms with Gasteiger partial charge in [-0.05, 0) is 22.9 Å². The minimum Gasteiger partial charge on any atom is -0.462 e. The molecule has 0 N–H and O–H groups in total. The number of nitrogens with zero attached hydrogens (tertiary/aromatic N) is 1. The molecule has 1 rings (SSSR count). The van der Waals surface area contributed by atoms with Crippen LogP contribution in [-0.2, 0) is 4.74 Å². The first kappa shape index (κ1) is 13.3. The molecule has 1 aromatic heterocycles. The third kappa shape index (κ3) is 2.68. The molecular weight excluding hydrogens is 307 g/mol. The Labute approximate surface area is 104 Å². The molecule has 0 unspecified atom stereocenters. The minimum atomic E-state index is -2.82. The van der Waals surface area contributed by atoms with Gasteiger partial charge in [0.15, 0.2) is 0 Å². The molecule has 88 valence electrons. The average Bonchev–Trinajstić information content (AvgIpc) is 2.21. The van der Waals surface area contributed by atoms with Crippen molar-refractivity contribution in [2.24, 2.45) is 0 Å². The molecule has 3 nitrogen and oxygen atoms in total. The van der Waals surface area contributed by atoms with Crippen LogP contribution in [0.5, 0.6) is 0 Å². The van der Waals surface area contributed by atoms with Crippen molar-refractivity contribution >= 4 is 33.5 Å². The van der Waals surface area contributed by atoms with E-state index in [0.717, 1.165) is 6.20 Å². The smallest absolute Gasteiger partial charge is 0.339 e. The molecular formula is C9H7BrClF2NO2. The van der Waals surface area contributed by atoms with Crippen LogP contribution >= 0.6 is 27.5 Å². The van der Waals surface area contributed by atoms with Crippen molar-refractivity contribution in [1.82, 2.24) is 4.98 Å². The van der Waals surface area contributed by atoms with E-state index in [-0.39, 0.29) is 21.8 Å². The fourth-order valence-corrected chi connectivity index (χ4v) is 1.69. The van der Waals surface area contributed by atoms with Gasteiger partial charge in [-0.25, -0.2) is 18.6 Å². The van der Waals surface area contributed by atoms with E-state index in [9.17, 15) is 13.6 Å². The standard InChI is InChI=1S/C9H7BrClF2NO2/c1-2-16-9(15)5-4(8(12)13)3-14-7(11)6(5)10/h3,8H,2H2,1H3. The Morgan fingerprint density at radius 2 is 2.31 bits per heavy atom. The van der Waals surface area contributed by atoms with Crippen LogP contribution < -0.4 is 0 Å². The van der Waals surface area contributed by atoms with Crippen LogP contribution in [0.4, 0.5) is 8.78 Å². The van der Waals surface area contributed by atoms with Crippen LogP contribution in [0.1, 0.15) is 29.3 Å². The lowest BCUT2D eigenvalue weighted by atomic mass is 10.1. The molecule has 0 aliphatic carbocycles. The molecule has 0 aliphatic rings. The lowest BCUT2D eigenvalue weighted by Crippen LogP contribution is -2.10. The lowest BCUT2D eigenvalue weighted by molar-refractivity contribution is 0.0514. The van der Waals surface area contributed by atoms with Crippen molar-refractivity contribution in [3.05, 3.63) is 26.9 Å². The van der Waals surface area contributed by atoms with E-state index in [0.29, 0.717) is 0 Å². The van der Waals surface area contributed by atoms with Crippen molar-refractivity contribution in [2.45, 2.75) is 13.3 Å². The second-order valence-electron chi connectivity index (χ2n) is 2.71. The van der Waals surface area contributed by atoms with Crippen molar-refractivity contribution in [1.29, 1.82) is 0 Å². The number of rotatable bonds is 3. The van der Waals surface area contributed by atoms with E-state index in [1.54, 1.807) is 6.92 Å². The summed E-state index contributed by atoms with van der Waals surface area (Å²) in [6, 6.07) is 0. The molecule has 0 spiro atoms. The van der Waals surface area contributed by atoms with Crippen molar-refractivity contribution < 1.29 is 18.3 Å². The van der Waals surface area contributed by atoms with Crippen molar-refractivity contribution in [2.75, 3.05) is 6.61 Å². The molecule has 16 heavy (non-hydrogen) atoms. The molecule has 0 aromatic carbocycles. The van der Waals surface area contributed by atoms with E-state index < -0.39 is 18.0 Å². The summed E-state index contributed by atoms with van der Waals surface area (Å²) in [4.78, 5) is 15.0. The summed E-state index contributed by atoms with van der Waals surface area (Å²) in [6.07, 6.45) is -1.95. The zero-order chi connectivity index (χ0) is 12.3. The van der Waals surface area contributed by atoms with Gasteiger partial charge in [0, 0.05) is 6.20 Å². The van der Waals surface area contributed by atoms with Crippen LogP contribution in [0.2, 0.25) is 5.15 Å². The summed E-state index contributed by atoms with van der Waals surface area (Å²) >= 11 is 8.57. The van der Waals surface area contributed by atoms with Gasteiger partial charge >= 0.3 is 5.97 Å². The van der Waals surface area contributed by atoms with Crippen LogP contribution in [0.25, 0.3) is 0 Å². The van der Waals surface area contributed by atoms with Crippen LogP contribution in [0.15, 0.2) is 10.7 Å². The molecule has 0 radical (unpaired) electrons. The topological polar surface area (TPSA) is 39.2 Å². The Morgan fingerprint density at radius 1 is 1.69 bits per heavy atom. The highest BCUT2D eigenvalue weighted by molar-refractivity contribution is 9.10. The minimum absolute atomic E-state index is 0.0189. The average molecular weight is 315 g/mol. The maximum atomic E-state index is 12.6. The monoisotopic (exact) mass is 313 g/mol. The third-order valence-corrected chi connectivity index (χ3v) is 3.01. The molecule has 0 bridgehead atoms. The predicted molar refractivity (Wildman–Crippen MR) is 57.9 cm³/mol. The number of aromatic nitrogens is 1. The zero-order valence-electron chi connectivity index (χ0n) is 8.14. The van der Waals surface area contributed by atoms with Gasteiger partial charge in [-0.15, -0.1) is 0 Å². The maximum absolute atomic E-state index is 12.6. The number of pyridine rings is 1. The fourth-order valence-electron chi connectivity index (χ4n) is 1.05. The maximum Gasteiger partial charge on any atom is 0.339 e. The quantitative estimate of drug-likeness (QED) is 0.632. The largest absolute Gasteiger partial charge is 0.462 e. The number of carbonyl (C=O) groups is 1. The van der Waals surface area contributed by atoms with E-state index >= 15 is 0 Å². The first-order valence-corrected chi connectivity index (χ1v) is 5.45. The molecule has 0 saturated carbocycles. The summed E-state index contributed by atoms with van der Waals surface area (Å²) in [5.41, 5.74) is -0.786. The SMILES string of the molecule is CCOC(=O)c1c(C(F)F)cnc(Cl)c1Br. The van der Waals surface area contributed by atoms with E-state index in [1.807, 2.05) is 0 Å². The van der Waals surface area contributed by atoms with Gasteiger partial charge in [-0.1, -0.05) is 11.6 Å². The highest BCUT2D eigenvalue weighted by atomic mass is 79.9. The second kappa shape index (κ2) is 5.54. The van der Waals surface area contributed by atoms with Gasteiger partial charge < -0.3 is 4.74 Å². The van der Waals surface area contributed by atoms with E-state index in [4.69, 9.17) is 11.6 Å². The molecule has 0 amide bonds. The van der Waals surface area contributed by atoms with Crippen molar-refractivity contribution in [3.8, 4) is 0 Å². The number of halogens is 4. The van der Waals surface area contributed by atoms with E-state index in [1.165, 1.54) is 0 Å². The second-order valence-corrected chi connectivity index (χ2v) is 3.87. The highest BCUT2D eigenvalue weighted by Gasteiger charge is 2.24. The Balaban J connectivity index is 3.31. The Kier molecular flexibility index (Phi) is 4.61. The number of ether oxygens (including phenoxy) is 1. The molecule has 0 fully saturated rings. The first-order valence-electron chi connectivity index (χ1n) is 4.28. The lowest BCUT2D eigenvalue weighted by Gasteiger charge is -2.10. The number of esters is 1. The van der Waals surface area contributed by atoms with E-state index in [2.05, 4.69) is 25.7 Å². The van der Waals surface area contributed by atoms with Crippen LogP contribution in [0, 0.1) is 0 Å². The zero-order valence-corrected chi connectivity index (χ0v) is 10.5. The highest BCUT2D eigenvalue weighted by Crippen LogP contribution is 2.32. The molecule has 1 heterocycles. The van der Waals surface area contributed by atoms with Gasteiger partial charge in [0.25, 0.3) is 6.43 Å². The van der Waals surface area contributed by atoms with Gasteiger partial charge in [-0.2, -0.15) is 0 Å². The van der Waals surface area contributed by atoms with Gasteiger partial charge in [-0.3, -0.25) is 0 Å². The van der Waals surface area contributed by atoms with Gasteiger partial charge in [0.2, 0.25) is 0 Å². The number of hydrogen-bond acceptors (Lipinski definition) is 3. The normalized spacial score (nSPS) is 10.6. The summed E-state index contributed by atoms with van der Waals surface area (Å²) in [7, 11) is 0. The molecule has 1 aromatic rings. The summed E-state index contributed by atoms with van der Waals surface area (Å²) in [6.45, 7) is 1.67. The Morgan fingerprint density at radius 3 is 2.81 bits per heavy atom. The third-order valence-electron chi connectivity index (χ3n) is 1.72. The number of alkyl halides is 2.